The van der Waals surface area contributed by atoms with Gasteiger partial charge in [0.15, 0.2) is 0 Å². The number of ether oxygens (including phenoxy) is 1. The molecule has 3 nitrogen and oxygen atoms in total. The number of amides is 1. The van der Waals surface area contributed by atoms with Gasteiger partial charge in [-0.1, -0.05) is 12.1 Å². The standard InChI is InChI=1S/C17H22ClNO2/c1-3-21-14-6-11(7-14)8-15(18)12-4-5-16-13(9-12)10-17(20)19(16)2/h4-5,9,11,14-15H,3,6-8,10H2,1-2H3. The van der Waals surface area contributed by atoms with Gasteiger partial charge in [0.25, 0.3) is 0 Å². The molecule has 1 atom stereocenters. The molecule has 1 aliphatic carbocycles. The maximum atomic E-state index is 11.7. The van der Waals surface area contributed by atoms with E-state index in [0.717, 1.165) is 42.7 Å². The molecule has 1 aromatic carbocycles. The maximum absolute atomic E-state index is 11.7. The van der Waals surface area contributed by atoms with Crippen LogP contribution in [0.4, 0.5) is 5.69 Å². The third kappa shape index (κ3) is 2.95. The van der Waals surface area contributed by atoms with Crippen LogP contribution in [0.5, 0.6) is 0 Å². The van der Waals surface area contributed by atoms with Crippen LogP contribution in [0.2, 0.25) is 0 Å². The summed E-state index contributed by atoms with van der Waals surface area (Å²) in [5.41, 5.74) is 3.26. The number of halogens is 1. The van der Waals surface area contributed by atoms with E-state index in [1.807, 2.05) is 20.0 Å². The van der Waals surface area contributed by atoms with Gasteiger partial charge in [0.1, 0.15) is 0 Å². The molecule has 0 bridgehead atoms. The summed E-state index contributed by atoms with van der Waals surface area (Å²) in [5, 5.41) is 0.0314. The summed E-state index contributed by atoms with van der Waals surface area (Å²) in [6.07, 6.45) is 4.19. The van der Waals surface area contributed by atoms with Crippen molar-refractivity contribution in [2.75, 3.05) is 18.6 Å². The average Bonchev–Trinajstić information content (AvgIpc) is 2.71. The molecule has 1 amide bonds. The Bertz CT molecular complexity index is 540. The lowest BCUT2D eigenvalue weighted by molar-refractivity contribution is -0.117. The molecule has 0 radical (unpaired) electrons. The zero-order chi connectivity index (χ0) is 15.0. The summed E-state index contributed by atoms with van der Waals surface area (Å²) in [7, 11) is 1.83. The van der Waals surface area contributed by atoms with Crippen LogP contribution in [0, 0.1) is 5.92 Å². The van der Waals surface area contributed by atoms with Gasteiger partial charge in [0.05, 0.1) is 17.9 Å². The molecule has 21 heavy (non-hydrogen) atoms. The number of nitrogens with zero attached hydrogens (tertiary/aromatic N) is 1. The molecule has 4 heteroatoms. The Kier molecular flexibility index (Phi) is 4.23. The number of carbonyl (C=O) groups excluding carboxylic acids is 1. The first-order chi connectivity index (χ1) is 10.1. The predicted molar refractivity (Wildman–Crippen MR) is 84.9 cm³/mol. The molecule has 3 rings (SSSR count). The zero-order valence-electron chi connectivity index (χ0n) is 12.6. The van der Waals surface area contributed by atoms with Crippen molar-refractivity contribution >= 4 is 23.2 Å². The first kappa shape index (κ1) is 14.9. The van der Waals surface area contributed by atoms with Crippen molar-refractivity contribution in [2.24, 2.45) is 5.92 Å². The summed E-state index contributed by atoms with van der Waals surface area (Å²) < 4.78 is 5.59. The van der Waals surface area contributed by atoms with E-state index in [0.29, 0.717) is 18.4 Å². The minimum absolute atomic E-state index is 0.0314. The van der Waals surface area contributed by atoms with Gasteiger partial charge in [-0.2, -0.15) is 0 Å². The highest BCUT2D eigenvalue weighted by Gasteiger charge is 2.32. The number of anilines is 1. The highest BCUT2D eigenvalue weighted by atomic mass is 35.5. The van der Waals surface area contributed by atoms with Crippen LogP contribution in [0.25, 0.3) is 0 Å². The van der Waals surface area contributed by atoms with Crippen LogP contribution >= 0.6 is 11.6 Å². The van der Waals surface area contributed by atoms with Crippen LogP contribution in [0.15, 0.2) is 18.2 Å². The van der Waals surface area contributed by atoms with Crippen molar-refractivity contribution in [3.05, 3.63) is 29.3 Å². The van der Waals surface area contributed by atoms with Crippen molar-refractivity contribution in [3.8, 4) is 0 Å². The molecule has 0 N–H and O–H groups in total. The van der Waals surface area contributed by atoms with E-state index in [2.05, 4.69) is 12.1 Å². The minimum atomic E-state index is 0.0314. The first-order valence-electron chi connectivity index (χ1n) is 7.73. The molecule has 1 aliphatic heterocycles. The molecule has 1 fully saturated rings. The van der Waals surface area contributed by atoms with Gasteiger partial charge in [-0.15, -0.1) is 11.6 Å². The van der Waals surface area contributed by atoms with Crippen LogP contribution in [0.1, 0.15) is 42.7 Å². The van der Waals surface area contributed by atoms with Gasteiger partial charge in [0.2, 0.25) is 5.91 Å². The fourth-order valence-corrected chi connectivity index (χ4v) is 3.74. The third-order valence-electron chi connectivity index (χ3n) is 4.68. The molecule has 0 spiro atoms. The second-order valence-corrected chi connectivity index (χ2v) is 6.66. The molecule has 114 valence electrons. The molecule has 1 unspecified atom stereocenters. The quantitative estimate of drug-likeness (QED) is 0.776. The van der Waals surface area contributed by atoms with E-state index in [9.17, 15) is 4.79 Å². The van der Waals surface area contributed by atoms with Gasteiger partial charge in [-0.25, -0.2) is 0 Å². The van der Waals surface area contributed by atoms with E-state index in [4.69, 9.17) is 16.3 Å². The van der Waals surface area contributed by atoms with E-state index < -0.39 is 0 Å². The van der Waals surface area contributed by atoms with Crippen molar-refractivity contribution in [2.45, 2.75) is 44.1 Å². The SMILES string of the molecule is CCOC1CC(CC(Cl)c2ccc3c(c2)CC(=O)N3C)C1. The molecular weight excluding hydrogens is 286 g/mol. The molecule has 1 aromatic rings. The molecule has 2 aliphatic rings. The Morgan fingerprint density at radius 1 is 1.43 bits per heavy atom. The Morgan fingerprint density at radius 3 is 2.90 bits per heavy atom. The van der Waals surface area contributed by atoms with Crippen LogP contribution < -0.4 is 4.90 Å². The predicted octanol–water partition coefficient (Wildman–Crippen LogP) is 3.69. The summed E-state index contributed by atoms with van der Waals surface area (Å²) in [6, 6.07) is 6.19. The van der Waals surface area contributed by atoms with Crippen LogP contribution in [-0.4, -0.2) is 25.7 Å². The monoisotopic (exact) mass is 307 g/mol. The number of carbonyl (C=O) groups is 1. The van der Waals surface area contributed by atoms with Crippen LogP contribution in [-0.2, 0) is 16.0 Å². The summed E-state index contributed by atoms with van der Waals surface area (Å²) >= 11 is 6.57. The van der Waals surface area contributed by atoms with Gasteiger partial charge in [-0.05, 0) is 49.3 Å². The van der Waals surface area contributed by atoms with Gasteiger partial charge in [-0.3, -0.25) is 4.79 Å². The lowest BCUT2D eigenvalue weighted by atomic mass is 9.78. The smallest absolute Gasteiger partial charge is 0.231 e. The largest absolute Gasteiger partial charge is 0.378 e. The normalized spacial score (nSPS) is 25.7. The Morgan fingerprint density at radius 2 is 2.19 bits per heavy atom. The van der Waals surface area contributed by atoms with Gasteiger partial charge < -0.3 is 9.64 Å². The molecule has 0 saturated heterocycles. The lowest BCUT2D eigenvalue weighted by Crippen LogP contribution is -2.31. The van der Waals surface area contributed by atoms with E-state index in [1.54, 1.807) is 4.90 Å². The van der Waals surface area contributed by atoms with Crippen LogP contribution in [0.3, 0.4) is 0 Å². The van der Waals surface area contributed by atoms with E-state index in [-0.39, 0.29) is 11.3 Å². The number of alkyl halides is 1. The van der Waals surface area contributed by atoms with Crippen molar-refractivity contribution < 1.29 is 9.53 Å². The highest BCUT2D eigenvalue weighted by Crippen LogP contribution is 2.40. The Hall–Kier alpha value is -1.06. The second kappa shape index (κ2) is 5.98. The fourth-order valence-electron chi connectivity index (χ4n) is 3.35. The second-order valence-electron chi connectivity index (χ2n) is 6.14. The van der Waals surface area contributed by atoms with E-state index >= 15 is 0 Å². The van der Waals surface area contributed by atoms with Crippen molar-refractivity contribution in [3.63, 3.8) is 0 Å². The average molecular weight is 308 g/mol. The number of rotatable bonds is 5. The lowest BCUT2D eigenvalue weighted by Gasteiger charge is -2.36. The van der Waals surface area contributed by atoms with E-state index in [1.165, 1.54) is 0 Å². The number of hydrogen-bond donors (Lipinski definition) is 0. The van der Waals surface area contributed by atoms with Gasteiger partial charge >= 0.3 is 0 Å². The number of benzene rings is 1. The number of fused-ring (bicyclic) bond motifs is 1. The molecule has 0 aromatic heterocycles. The number of likely N-dealkylation sites (N-methyl/N-ethyl adjacent to an activating group) is 1. The molecule has 1 heterocycles. The van der Waals surface area contributed by atoms with Gasteiger partial charge in [0, 0.05) is 19.3 Å². The molecule has 1 saturated carbocycles. The summed E-state index contributed by atoms with van der Waals surface area (Å²) in [5.74, 6) is 0.827. The first-order valence-corrected chi connectivity index (χ1v) is 8.17. The third-order valence-corrected chi connectivity index (χ3v) is 5.11. The topological polar surface area (TPSA) is 29.5 Å². The summed E-state index contributed by atoms with van der Waals surface area (Å²) in [4.78, 5) is 13.4. The Labute approximate surface area is 131 Å². The summed E-state index contributed by atoms with van der Waals surface area (Å²) in [6.45, 7) is 2.84. The Balaban J connectivity index is 1.60. The van der Waals surface area contributed by atoms with Crippen molar-refractivity contribution in [1.29, 1.82) is 0 Å². The fraction of sp³-hybridized carbons (Fsp3) is 0.588. The van der Waals surface area contributed by atoms with Crippen molar-refractivity contribution in [1.82, 2.24) is 0 Å². The maximum Gasteiger partial charge on any atom is 0.231 e. The molecular formula is C17H22ClNO2. The zero-order valence-corrected chi connectivity index (χ0v) is 13.4. The minimum Gasteiger partial charge on any atom is -0.378 e. The number of hydrogen-bond acceptors (Lipinski definition) is 2. The highest BCUT2D eigenvalue weighted by molar-refractivity contribution is 6.20.